The van der Waals surface area contributed by atoms with E-state index in [1.807, 2.05) is 20.8 Å². The Bertz CT molecular complexity index is 911. The summed E-state index contributed by atoms with van der Waals surface area (Å²) in [6.07, 6.45) is 1.74. The van der Waals surface area contributed by atoms with E-state index in [1.54, 1.807) is 10.8 Å². The van der Waals surface area contributed by atoms with Crippen molar-refractivity contribution in [1.82, 2.24) is 19.8 Å². The highest BCUT2D eigenvalue weighted by molar-refractivity contribution is 6.30. The van der Waals surface area contributed by atoms with Gasteiger partial charge < -0.3 is 19.7 Å². The third-order valence-corrected chi connectivity index (χ3v) is 4.53. The summed E-state index contributed by atoms with van der Waals surface area (Å²) < 4.78 is 20.9. The molecule has 8 nitrogen and oxygen atoms in total. The maximum atomic E-state index is 13.5. The van der Waals surface area contributed by atoms with Crippen LogP contribution in [0.15, 0.2) is 30.6 Å². The quantitative estimate of drug-likeness (QED) is 0.802. The summed E-state index contributed by atoms with van der Waals surface area (Å²) in [6, 6.07) is 1.81. The highest BCUT2D eigenvalue weighted by atomic mass is 35.5. The fraction of sp³-hybridized carbons (Fsp3) is 0.389. The van der Waals surface area contributed by atoms with Gasteiger partial charge >= 0.3 is 12.1 Å². The van der Waals surface area contributed by atoms with E-state index in [9.17, 15) is 19.1 Å². The second kappa shape index (κ2) is 7.40. The van der Waals surface area contributed by atoms with Gasteiger partial charge in [-0.05, 0) is 39.0 Å². The number of halogens is 2. The summed E-state index contributed by atoms with van der Waals surface area (Å²) in [5.41, 5.74) is -0.00213. The summed E-state index contributed by atoms with van der Waals surface area (Å²) in [5, 5.41) is 12.1. The van der Waals surface area contributed by atoms with Crippen molar-refractivity contribution < 1.29 is 23.8 Å². The van der Waals surface area contributed by atoms with Crippen LogP contribution in [0.25, 0.3) is 5.69 Å². The standard InChI is InChI=1S/C18H20ClFN4O4/c1-18(2,3)28-9-13-14(22-16(25)24(13)17(26)27)15-21-6-7-23(15)10-4-5-12(20)11(19)8-10/h4-8,13-14H,9H2,1-3H3,(H,22,25)(H,26,27)/t13-,14-/m0/s1. The first-order valence-electron chi connectivity index (χ1n) is 8.54. The van der Waals surface area contributed by atoms with Crippen LogP contribution in [-0.4, -0.2) is 49.9 Å². The Kier molecular flexibility index (Phi) is 5.31. The van der Waals surface area contributed by atoms with Crippen molar-refractivity contribution in [2.75, 3.05) is 6.61 Å². The van der Waals surface area contributed by atoms with Gasteiger partial charge in [0.25, 0.3) is 0 Å². The number of hydrogen-bond acceptors (Lipinski definition) is 4. The van der Waals surface area contributed by atoms with Crippen LogP contribution in [0.1, 0.15) is 32.6 Å². The Labute approximate surface area is 165 Å². The number of carbonyl (C=O) groups excluding carboxylic acids is 1. The van der Waals surface area contributed by atoms with Gasteiger partial charge in [-0.25, -0.2) is 23.9 Å². The molecule has 1 aromatic carbocycles. The lowest BCUT2D eigenvalue weighted by Crippen LogP contribution is -2.43. The first kappa shape index (κ1) is 20.1. The summed E-state index contributed by atoms with van der Waals surface area (Å²) >= 11 is 5.87. The normalized spacial score (nSPS) is 19.8. The molecule has 0 aliphatic carbocycles. The van der Waals surface area contributed by atoms with E-state index in [-0.39, 0.29) is 11.6 Å². The van der Waals surface area contributed by atoms with Gasteiger partial charge in [-0.1, -0.05) is 11.6 Å². The Morgan fingerprint density at radius 2 is 2.14 bits per heavy atom. The average Bonchev–Trinajstić information content (AvgIpc) is 3.18. The summed E-state index contributed by atoms with van der Waals surface area (Å²) in [7, 11) is 0. The predicted octanol–water partition coefficient (Wildman–Crippen LogP) is 3.59. The van der Waals surface area contributed by atoms with Crippen LogP contribution in [0.5, 0.6) is 0 Å². The number of imidazole rings is 1. The van der Waals surface area contributed by atoms with Gasteiger partial charge in [-0.15, -0.1) is 0 Å². The fourth-order valence-electron chi connectivity index (χ4n) is 2.97. The van der Waals surface area contributed by atoms with Crippen molar-refractivity contribution in [3.05, 3.63) is 47.3 Å². The Morgan fingerprint density at radius 3 is 2.75 bits per heavy atom. The molecule has 3 amide bonds. The van der Waals surface area contributed by atoms with E-state index in [4.69, 9.17) is 16.3 Å². The molecule has 28 heavy (non-hydrogen) atoms. The number of carboxylic acid groups (broad SMARTS) is 1. The zero-order chi connectivity index (χ0) is 20.6. The molecule has 150 valence electrons. The van der Waals surface area contributed by atoms with E-state index in [0.29, 0.717) is 16.4 Å². The number of ether oxygens (including phenoxy) is 1. The highest BCUT2D eigenvalue weighted by Gasteiger charge is 2.46. The van der Waals surface area contributed by atoms with E-state index >= 15 is 0 Å². The monoisotopic (exact) mass is 410 g/mol. The number of hydrogen-bond donors (Lipinski definition) is 2. The number of aromatic nitrogens is 2. The number of carbonyl (C=O) groups is 2. The molecule has 0 radical (unpaired) electrons. The van der Waals surface area contributed by atoms with Crippen LogP contribution in [0.4, 0.5) is 14.0 Å². The van der Waals surface area contributed by atoms with Crippen molar-refractivity contribution in [3.8, 4) is 5.69 Å². The number of rotatable bonds is 4. The number of nitrogens with one attached hydrogen (secondary N) is 1. The first-order chi connectivity index (χ1) is 13.1. The Balaban J connectivity index is 1.99. The third kappa shape index (κ3) is 3.95. The van der Waals surface area contributed by atoms with Crippen molar-refractivity contribution in [1.29, 1.82) is 0 Å². The van der Waals surface area contributed by atoms with E-state index in [2.05, 4.69) is 10.3 Å². The molecule has 1 saturated heterocycles. The molecular weight excluding hydrogens is 391 g/mol. The smallest absolute Gasteiger partial charge is 0.415 e. The first-order valence-corrected chi connectivity index (χ1v) is 8.91. The zero-order valence-corrected chi connectivity index (χ0v) is 16.3. The number of nitrogens with zero attached hydrogens (tertiary/aromatic N) is 3. The molecule has 0 unspecified atom stereocenters. The molecule has 1 aliphatic heterocycles. The van der Waals surface area contributed by atoms with Gasteiger partial charge in [0.05, 0.1) is 23.3 Å². The van der Waals surface area contributed by atoms with Gasteiger partial charge in [0.1, 0.15) is 17.7 Å². The van der Waals surface area contributed by atoms with Gasteiger partial charge in [0.2, 0.25) is 0 Å². The minimum absolute atomic E-state index is 0.0176. The number of amides is 3. The molecule has 0 bridgehead atoms. The third-order valence-electron chi connectivity index (χ3n) is 4.24. The summed E-state index contributed by atoms with van der Waals surface area (Å²) in [4.78, 5) is 28.9. The second-order valence-corrected chi connectivity index (χ2v) is 7.73. The minimum Gasteiger partial charge on any atom is -0.465 e. The molecule has 2 atom stereocenters. The highest BCUT2D eigenvalue weighted by Crippen LogP contribution is 2.30. The molecule has 2 N–H and O–H groups in total. The van der Waals surface area contributed by atoms with Crippen LogP contribution < -0.4 is 5.32 Å². The van der Waals surface area contributed by atoms with Crippen LogP contribution in [0.2, 0.25) is 5.02 Å². The Hall–Kier alpha value is -2.65. The summed E-state index contributed by atoms with van der Waals surface area (Å²) in [6.45, 7) is 5.48. The van der Waals surface area contributed by atoms with Gasteiger partial charge in [-0.3, -0.25) is 0 Å². The molecule has 1 fully saturated rings. The van der Waals surface area contributed by atoms with Crippen molar-refractivity contribution in [2.45, 2.75) is 38.5 Å². The van der Waals surface area contributed by atoms with Crippen LogP contribution in [0.3, 0.4) is 0 Å². The van der Waals surface area contributed by atoms with Crippen LogP contribution in [0, 0.1) is 5.82 Å². The maximum absolute atomic E-state index is 13.5. The molecule has 1 aromatic heterocycles. The Morgan fingerprint density at radius 1 is 1.43 bits per heavy atom. The van der Waals surface area contributed by atoms with Crippen LogP contribution >= 0.6 is 11.6 Å². The number of urea groups is 1. The number of benzene rings is 1. The topological polar surface area (TPSA) is 96.7 Å². The molecule has 0 saturated carbocycles. The molecule has 1 aliphatic rings. The SMILES string of the molecule is CC(C)(C)OC[C@H]1[C@@H](c2nccn2-c2ccc(F)c(Cl)c2)NC(=O)N1C(=O)O. The zero-order valence-electron chi connectivity index (χ0n) is 15.5. The molecule has 0 spiro atoms. The summed E-state index contributed by atoms with van der Waals surface area (Å²) in [5.74, 6) is -0.183. The van der Waals surface area contributed by atoms with Gasteiger partial charge in [-0.2, -0.15) is 0 Å². The predicted molar refractivity (Wildman–Crippen MR) is 99.2 cm³/mol. The number of imide groups is 1. The molecule has 2 aromatic rings. The largest absolute Gasteiger partial charge is 0.465 e. The van der Waals surface area contributed by atoms with Gasteiger partial charge in [0, 0.05) is 18.1 Å². The lowest BCUT2D eigenvalue weighted by atomic mass is 10.1. The lowest BCUT2D eigenvalue weighted by Gasteiger charge is -2.27. The van der Waals surface area contributed by atoms with Crippen LogP contribution in [-0.2, 0) is 4.74 Å². The maximum Gasteiger partial charge on any atom is 0.415 e. The van der Waals surface area contributed by atoms with E-state index in [1.165, 1.54) is 24.4 Å². The van der Waals surface area contributed by atoms with E-state index < -0.39 is 35.6 Å². The lowest BCUT2D eigenvalue weighted by molar-refractivity contribution is -0.0265. The average molecular weight is 411 g/mol. The van der Waals surface area contributed by atoms with Crippen molar-refractivity contribution >= 4 is 23.7 Å². The molecule has 3 rings (SSSR count). The fourth-order valence-corrected chi connectivity index (χ4v) is 3.14. The second-order valence-electron chi connectivity index (χ2n) is 7.32. The van der Waals surface area contributed by atoms with E-state index in [0.717, 1.165) is 0 Å². The van der Waals surface area contributed by atoms with Crippen molar-refractivity contribution in [2.24, 2.45) is 0 Å². The molecular formula is C18H20ClFN4O4. The molecule has 10 heteroatoms. The molecule has 2 heterocycles. The van der Waals surface area contributed by atoms with Gasteiger partial charge in [0.15, 0.2) is 0 Å². The minimum atomic E-state index is -1.38. The van der Waals surface area contributed by atoms with Crippen molar-refractivity contribution in [3.63, 3.8) is 0 Å².